The van der Waals surface area contributed by atoms with E-state index in [9.17, 15) is 4.39 Å². The maximum absolute atomic E-state index is 15.4. The summed E-state index contributed by atoms with van der Waals surface area (Å²) in [6, 6.07) is 12.6. The molecular weight excluding hydrogens is 572 g/mol. The van der Waals surface area contributed by atoms with Crippen molar-refractivity contribution in [2.45, 2.75) is 90.4 Å². The molecule has 0 amide bonds. The molecule has 0 saturated heterocycles. The van der Waals surface area contributed by atoms with Crippen molar-refractivity contribution >= 4 is 5.57 Å². The number of allylic oxidation sites excluding steroid dienone is 3. The highest BCUT2D eigenvalue weighted by atomic mass is 19.2. The molecule has 2 aliphatic carbocycles. The molecule has 0 N–H and O–H groups in total. The lowest BCUT2D eigenvalue weighted by Gasteiger charge is -2.34. The molecule has 1 fully saturated rings. The van der Waals surface area contributed by atoms with Crippen LogP contribution < -0.4 is 4.74 Å². The fourth-order valence-corrected chi connectivity index (χ4v) is 7.16. The van der Waals surface area contributed by atoms with Crippen LogP contribution in [0.5, 0.6) is 5.75 Å². The average Bonchev–Trinajstić information content (AvgIpc) is 3.08. The molecule has 0 bridgehead atoms. The summed E-state index contributed by atoms with van der Waals surface area (Å²) in [6.45, 7) is 6.45. The molecule has 2 aliphatic rings. The zero-order valence-corrected chi connectivity index (χ0v) is 26.5. The van der Waals surface area contributed by atoms with Crippen molar-refractivity contribution in [1.82, 2.24) is 0 Å². The highest BCUT2D eigenvalue weighted by molar-refractivity contribution is 5.74. The van der Waals surface area contributed by atoms with Crippen molar-refractivity contribution in [3.63, 3.8) is 0 Å². The molecule has 3 aromatic carbocycles. The third-order valence-electron chi connectivity index (χ3n) is 10.0. The zero-order chi connectivity index (χ0) is 31.8. The quantitative estimate of drug-likeness (QED) is 0.105. The molecule has 1 nitrogen and oxygen atoms in total. The number of ether oxygens (including phenoxy) is 1. The molecule has 0 aliphatic heterocycles. The molecule has 1 unspecified atom stereocenters. The second-order valence-electron chi connectivity index (χ2n) is 12.9. The largest absolute Gasteiger partial charge is 0.490 e. The van der Waals surface area contributed by atoms with Gasteiger partial charge in [-0.3, -0.25) is 0 Å². The van der Waals surface area contributed by atoms with Crippen molar-refractivity contribution in [2.75, 3.05) is 6.61 Å². The molecule has 240 valence electrons. The van der Waals surface area contributed by atoms with Crippen LogP contribution in [0.3, 0.4) is 0 Å². The Labute approximate surface area is 266 Å². The first-order valence-corrected chi connectivity index (χ1v) is 16.9. The predicted molar refractivity (Wildman–Crippen MR) is 177 cm³/mol. The average molecular weight is 619 g/mol. The number of unbranched alkanes of at least 4 members (excludes halogenated alkanes) is 5. The summed E-state index contributed by atoms with van der Waals surface area (Å²) in [5.74, 6) is -1.88. The van der Waals surface area contributed by atoms with Crippen molar-refractivity contribution in [3.05, 3.63) is 96.1 Å². The van der Waals surface area contributed by atoms with E-state index in [0.717, 1.165) is 44.1 Å². The number of hydrogen-bond donors (Lipinski definition) is 0. The number of halogens is 4. The van der Waals surface area contributed by atoms with Gasteiger partial charge in [-0.05, 0) is 98.0 Å². The molecule has 5 rings (SSSR count). The maximum atomic E-state index is 15.4. The smallest absolute Gasteiger partial charge is 0.201 e. The van der Waals surface area contributed by atoms with Gasteiger partial charge in [-0.25, -0.2) is 13.2 Å². The highest BCUT2D eigenvalue weighted by Crippen LogP contribution is 2.42. The number of benzene rings is 3. The van der Waals surface area contributed by atoms with E-state index in [1.807, 2.05) is 0 Å². The molecule has 1 saturated carbocycles. The fourth-order valence-electron chi connectivity index (χ4n) is 7.16. The third-order valence-corrected chi connectivity index (χ3v) is 10.0. The topological polar surface area (TPSA) is 9.23 Å². The van der Waals surface area contributed by atoms with Crippen molar-refractivity contribution in [1.29, 1.82) is 0 Å². The van der Waals surface area contributed by atoms with Crippen LogP contribution in [0.4, 0.5) is 17.6 Å². The van der Waals surface area contributed by atoms with Gasteiger partial charge in [0.1, 0.15) is 0 Å². The Morgan fingerprint density at radius 3 is 1.87 bits per heavy atom. The molecule has 1 atom stereocenters. The summed E-state index contributed by atoms with van der Waals surface area (Å²) >= 11 is 0. The van der Waals surface area contributed by atoms with Crippen LogP contribution in [-0.2, 0) is 0 Å². The van der Waals surface area contributed by atoms with Gasteiger partial charge in [0, 0.05) is 16.7 Å². The minimum absolute atomic E-state index is 0.0873. The number of rotatable bonds is 13. The molecule has 0 heterocycles. The van der Waals surface area contributed by atoms with Crippen LogP contribution in [0.1, 0.15) is 96.0 Å². The zero-order valence-electron chi connectivity index (χ0n) is 26.5. The van der Waals surface area contributed by atoms with Gasteiger partial charge in [-0.1, -0.05) is 87.6 Å². The lowest BCUT2D eigenvalue weighted by atomic mass is 9.71. The Balaban J connectivity index is 1.22. The van der Waals surface area contributed by atoms with Gasteiger partial charge in [-0.15, -0.1) is 6.58 Å². The standard InChI is InChI=1S/C40H46F4O/c1-3-5-6-7-8-9-26-45-36-25-24-35(39(43)40(36)44)32-20-18-31(19-21-32)34-23-22-33(37(41)38(34)42)30-16-14-29(15-17-30)28-12-10-27(4-2)11-13-28/h4,16,18-25,27-29H,2-3,5-15,17,26H2,1H3. The fraction of sp³-hybridized carbons (Fsp3) is 0.450. The summed E-state index contributed by atoms with van der Waals surface area (Å²) in [5.41, 5.74) is 2.34. The Morgan fingerprint density at radius 1 is 0.667 bits per heavy atom. The van der Waals surface area contributed by atoms with Gasteiger partial charge in [0.25, 0.3) is 0 Å². The molecule has 5 heteroatoms. The van der Waals surface area contributed by atoms with Gasteiger partial charge in [0.2, 0.25) is 5.82 Å². The summed E-state index contributed by atoms with van der Waals surface area (Å²) in [7, 11) is 0. The Morgan fingerprint density at radius 2 is 1.24 bits per heavy atom. The van der Waals surface area contributed by atoms with E-state index in [2.05, 4.69) is 25.7 Å². The van der Waals surface area contributed by atoms with E-state index in [1.54, 1.807) is 36.4 Å². The van der Waals surface area contributed by atoms with Gasteiger partial charge in [-0.2, -0.15) is 4.39 Å². The SMILES string of the molecule is C=CC1CCC(C2CC=C(c3ccc(-c4ccc(-c5ccc(OCCCCCCCC)c(F)c5F)cc4)c(F)c3F)CC2)CC1. The highest BCUT2D eigenvalue weighted by Gasteiger charge is 2.29. The molecule has 0 radical (unpaired) electrons. The second-order valence-corrected chi connectivity index (χ2v) is 12.9. The van der Waals surface area contributed by atoms with Gasteiger partial charge < -0.3 is 4.74 Å². The first-order valence-electron chi connectivity index (χ1n) is 16.9. The Bertz CT molecular complexity index is 1470. The van der Waals surface area contributed by atoms with Crippen LogP contribution in [0.25, 0.3) is 27.8 Å². The van der Waals surface area contributed by atoms with Crippen LogP contribution in [0.2, 0.25) is 0 Å². The monoisotopic (exact) mass is 618 g/mol. The lowest BCUT2D eigenvalue weighted by molar-refractivity contribution is 0.212. The van der Waals surface area contributed by atoms with E-state index in [1.165, 1.54) is 57.1 Å². The third kappa shape index (κ3) is 7.91. The van der Waals surface area contributed by atoms with Crippen molar-refractivity contribution in [3.8, 4) is 28.0 Å². The van der Waals surface area contributed by atoms with Gasteiger partial charge >= 0.3 is 0 Å². The summed E-state index contributed by atoms with van der Waals surface area (Å²) in [6.07, 6.45) is 18.2. The van der Waals surface area contributed by atoms with E-state index in [0.29, 0.717) is 41.1 Å². The Hall–Kier alpha value is -3.34. The van der Waals surface area contributed by atoms with E-state index in [-0.39, 0.29) is 16.9 Å². The molecular formula is C40H46F4O. The summed E-state index contributed by atoms with van der Waals surface area (Å²) in [5, 5.41) is 0. The van der Waals surface area contributed by atoms with E-state index < -0.39 is 23.3 Å². The Kier molecular flexibility index (Phi) is 11.6. The number of hydrogen-bond acceptors (Lipinski definition) is 1. The lowest BCUT2D eigenvalue weighted by Crippen LogP contribution is -2.22. The van der Waals surface area contributed by atoms with Crippen LogP contribution in [-0.4, -0.2) is 6.61 Å². The summed E-state index contributed by atoms with van der Waals surface area (Å²) < 4.78 is 66.1. The van der Waals surface area contributed by atoms with Crippen LogP contribution in [0.15, 0.2) is 67.3 Å². The second kappa shape index (κ2) is 15.8. The van der Waals surface area contributed by atoms with Gasteiger partial charge in [0.15, 0.2) is 23.2 Å². The first-order chi connectivity index (χ1) is 21.9. The minimum atomic E-state index is -1.02. The van der Waals surface area contributed by atoms with E-state index >= 15 is 13.2 Å². The van der Waals surface area contributed by atoms with Crippen LogP contribution in [0, 0.1) is 41.0 Å². The molecule has 3 aromatic rings. The van der Waals surface area contributed by atoms with E-state index in [4.69, 9.17) is 4.74 Å². The van der Waals surface area contributed by atoms with Crippen molar-refractivity contribution in [2.24, 2.45) is 17.8 Å². The molecule has 0 aromatic heterocycles. The normalized spacial score (nSPS) is 20.1. The van der Waals surface area contributed by atoms with Crippen LogP contribution >= 0.6 is 0 Å². The first kappa shape index (κ1) is 33.0. The minimum Gasteiger partial charge on any atom is -0.490 e. The van der Waals surface area contributed by atoms with Crippen molar-refractivity contribution < 1.29 is 22.3 Å². The molecule has 45 heavy (non-hydrogen) atoms. The van der Waals surface area contributed by atoms with Gasteiger partial charge in [0.05, 0.1) is 6.61 Å². The molecule has 0 spiro atoms. The maximum Gasteiger partial charge on any atom is 0.201 e. The predicted octanol–water partition coefficient (Wildman–Crippen LogP) is 12.5. The summed E-state index contributed by atoms with van der Waals surface area (Å²) in [4.78, 5) is 0.